The molecule has 1 aromatic rings. The molecule has 6 nitrogen and oxygen atoms in total. The summed E-state index contributed by atoms with van der Waals surface area (Å²) in [4.78, 5) is 17.2. The van der Waals surface area contributed by atoms with Crippen molar-refractivity contribution in [3.05, 3.63) is 29.8 Å². The van der Waals surface area contributed by atoms with Crippen LogP contribution in [-0.2, 0) is 10.0 Å². The van der Waals surface area contributed by atoms with E-state index in [4.69, 9.17) is 0 Å². The van der Waals surface area contributed by atoms with Crippen molar-refractivity contribution in [1.82, 2.24) is 14.1 Å². The zero-order chi connectivity index (χ0) is 16.6. The second-order valence-electron chi connectivity index (χ2n) is 6.40. The number of hydrogen-bond acceptors (Lipinski definition) is 4. The molecule has 1 atom stereocenters. The number of amides is 1. The van der Waals surface area contributed by atoms with Gasteiger partial charge in [0.1, 0.15) is 0 Å². The zero-order valence-electron chi connectivity index (χ0n) is 13.6. The predicted octanol–water partition coefficient (Wildman–Crippen LogP) is 0.857. The highest BCUT2D eigenvalue weighted by Crippen LogP contribution is 2.23. The molecular formula is C16H23N3O3S. The van der Waals surface area contributed by atoms with E-state index in [-0.39, 0.29) is 10.8 Å². The molecule has 23 heavy (non-hydrogen) atoms. The third-order valence-electron chi connectivity index (χ3n) is 4.73. The maximum Gasteiger partial charge on any atom is 0.253 e. The average molecular weight is 337 g/mol. The van der Waals surface area contributed by atoms with Crippen molar-refractivity contribution in [1.29, 1.82) is 0 Å². The van der Waals surface area contributed by atoms with Crippen molar-refractivity contribution in [3.8, 4) is 0 Å². The maximum atomic E-state index is 12.7. The molecule has 2 aliphatic heterocycles. The van der Waals surface area contributed by atoms with Gasteiger partial charge in [-0.15, -0.1) is 0 Å². The van der Waals surface area contributed by atoms with E-state index in [1.807, 2.05) is 4.90 Å². The molecule has 2 aliphatic rings. The molecule has 0 aromatic heterocycles. The van der Waals surface area contributed by atoms with Gasteiger partial charge < -0.3 is 4.90 Å². The van der Waals surface area contributed by atoms with Crippen LogP contribution in [0.5, 0.6) is 0 Å². The molecule has 0 bridgehead atoms. The summed E-state index contributed by atoms with van der Waals surface area (Å²) >= 11 is 0. The maximum absolute atomic E-state index is 12.7. The fourth-order valence-corrected chi connectivity index (χ4v) is 4.31. The fraction of sp³-hybridized carbons (Fsp3) is 0.562. The standard InChI is InChI=1S/C16H23N3O3S/c1-17(2)23(21,22)15-7-3-5-13(11-15)16(20)19-10-9-18-8-4-6-14(18)12-19/h3,5,7,11,14H,4,6,8-10,12H2,1-2H3. The number of benzene rings is 1. The molecule has 0 spiro atoms. The SMILES string of the molecule is CN(C)S(=O)(=O)c1cccc(C(=O)N2CCN3CCCC3C2)c1. The van der Waals surface area contributed by atoms with Gasteiger partial charge in [0, 0.05) is 45.3 Å². The molecule has 2 fully saturated rings. The number of piperazine rings is 1. The summed E-state index contributed by atoms with van der Waals surface area (Å²) in [7, 11) is -0.545. The van der Waals surface area contributed by atoms with E-state index in [2.05, 4.69) is 4.90 Å². The molecule has 0 saturated carbocycles. The minimum absolute atomic E-state index is 0.0765. The van der Waals surface area contributed by atoms with Crippen molar-refractivity contribution in [3.63, 3.8) is 0 Å². The Morgan fingerprint density at radius 2 is 2.00 bits per heavy atom. The van der Waals surface area contributed by atoms with E-state index >= 15 is 0 Å². The Balaban J connectivity index is 1.80. The summed E-state index contributed by atoms with van der Waals surface area (Å²) < 4.78 is 25.6. The van der Waals surface area contributed by atoms with Crippen molar-refractivity contribution in [2.24, 2.45) is 0 Å². The van der Waals surface area contributed by atoms with Crippen LogP contribution in [0, 0.1) is 0 Å². The molecule has 1 unspecified atom stereocenters. The Hall–Kier alpha value is -1.44. The first-order chi connectivity index (χ1) is 10.9. The molecule has 7 heteroatoms. The molecule has 3 rings (SSSR count). The number of rotatable bonds is 3. The van der Waals surface area contributed by atoms with Gasteiger partial charge in [-0.2, -0.15) is 0 Å². The summed E-state index contributed by atoms with van der Waals surface area (Å²) in [5, 5.41) is 0. The fourth-order valence-electron chi connectivity index (χ4n) is 3.36. The minimum Gasteiger partial charge on any atom is -0.336 e. The Kier molecular flexibility index (Phi) is 4.44. The number of carbonyl (C=O) groups is 1. The molecule has 1 amide bonds. The molecule has 0 N–H and O–H groups in total. The molecule has 2 saturated heterocycles. The molecule has 0 aliphatic carbocycles. The van der Waals surface area contributed by atoms with Gasteiger partial charge in [0.15, 0.2) is 0 Å². The van der Waals surface area contributed by atoms with Gasteiger partial charge >= 0.3 is 0 Å². The second-order valence-corrected chi connectivity index (χ2v) is 8.55. The monoisotopic (exact) mass is 337 g/mol. The summed E-state index contributed by atoms with van der Waals surface area (Å²) in [6.07, 6.45) is 2.34. The van der Waals surface area contributed by atoms with Gasteiger partial charge in [-0.05, 0) is 37.6 Å². The van der Waals surface area contributed by atoms with Gasteiger partial charge in [-0.1, -0.05) is 6.07 Å². The Bertz CT molecular complexity index is 702. The molecule has 2 heterocycles. The minimum atomic E-state index is -3.52. The summed E-state index contributed by atoms with van der Waals surface area (Å²) in [5.41, 5.74) is 0.444. The van der Waals surface area contributed by atoms with Crippen LogP contribution in [0.3, 0.4) is 0 Å². The lowest BCUT2D eigenvalue weighted by molar-refractivity contribution is 0.0571. The first kappa shape index (κ1) is 16.4. The van der Waals surface area contributed by atoms with Crippen LogP contribution in [0.2, 0.25) is 0 Å². The zero-order valence-corrected chi connectivity index (χ0v) is 14.4. The van der Waals surface area contributed by atoms with Crippen LogP contribution in [-0.4, -0.2) is 74.7 Å². The number of nitrogens with zero attached hydrogens (tertiary/aromatic N) is 3. The second kappa shape index (κ2) is 6.22. The summed E-state index contributed by atoms with van der Waals surface area (Å²) in [6, 6.07) is 6.80. The first-order valence-corrected chi connectivity index (χ1v) is 9.39. The topological polar surface area (TPSA) is 60.9 Å². The third kappa shape index (κ3) is 3.13. The van der Waals surface area contributed by atoms with Crippen molar-refractivity contribution in [2.75, 3.05) is 40.3 Å². The lowest BCUT2D eigenvalue weighted by atomic mass is 10.1. The number of fused-ring (bicyclic) bond motifs is 1. The van der Waals surface area contributed by atoms with Crippen LogP contribution in [0.4, 0.5) is 0 Å². The van der Waals surface area contributed by atoms with Gasteiger partial charge in [-0.3, -0.25) is 9.69 Å². The quantitative estimate of drug-likeness (QED) is 0.821. The Morgan fingerprint density at radius 3 is 2.74 bits per heavy atom. The Morgan fingerprint density at radius 1 is 1.22 bits per heavy atom. The lowest BCUT2D eigenvalue weighted by Gasteiger charge is -2.37. The first-order valence-electron chi connectivity index (χ1n) is 7.95. The lowest BCUT2D eigenvalue weighted by Crippen LogP contribution is -2.52. The van der Waals surface area contributed by atoms with E-state index in [0.717, 1.165) is 30.4 Å². The molecule has 1 aromatic carbocycles. The van der Waals surface area contributed by atoms with E-state index in [9.17, 15) is 13.2 Å². The highest BCUT2D eigenvalue weighted by Gasteiger charge is 2.33. The third-order valence-corrected chi connectivity index (χ3v) is 6.55. The van der Waals surface area contributed by atoms with Gasteiger partial charge in [0.05, 0.1) is 4.90 Å². The highest BCUT2D eigenvalue weighted by atomic mass is 32.2. The van der Waals surface area contributed by atoms with E-state index in [1.54, 1.807) is 12.1 Å². The van der Waals surface area contributed by atoms with Gasteiger partial charge in [-0.25, -0.2) is 12.7 Å². The summed E-state index contributed by atoms with van der Waals surface area (Å²) in [6.45, 7) is 3.48. The van der Waals surface area contributed by atoms with E-state index in [0.29, 0.717) is 18.2 Å². The molecule has 126 valence electrons. The van der Waals surface area contributed by atoms with E-state index in [1.165, 1.54) is 32.6 Å². The van der Waals surface area contributed by atoms with E-state index < -0.39 is 10.0 Å². The Labute approximate surface area is 137 Å². The molecular weight excluding hydrogens is 314 g/mol. The van der Waals surface area contributed by atoms with Gasteiger partial charge in [0.25, 0.3) is 5.91 Å². The smallest absolute Gasteiger partial charge is 0.253 e. The average Bonchev–Trinajstić information content (AvgIpc) is 3.01. The van der Waals surface area contributed by atoms with Crippen LogP contribution in [0.25, 0.3) is 0 Å². The number of carbonyl (C=O) groups excluding carboxylic acids is 1. The van der Waals surface area contributed by atoms with Crippen molar-refractivity contribution in [2.45, 2.75) is 23.8 Å². The summed E-state index contributed by atoms with van der Waals surface area (Å²) in [5.74, 6) is -0.0765. The highest BCUT2D eigenvalue weighted by molar-refractivity contribution is 7.89. The number of sulfonamides is 1. The van der Waals surface area contributed by atoms with Crippen LogP contribution >= 0.6 is 0 Å². The molecule has 0 radical (unpaired) electrons. The van der Waals surface area contributed by atoms with Gasteiger partial charge in [0.2, 0.25) is 10.0 Å². The van der Waals surface area contributed by atoms with Crippen molar-refractivity contribution >= 4 is 15.9 Å². The largest absolute Gasteiger partial charge is 0.336 e. The predicted molar refractivity (Wildman–Crippen MR) is 87.8 cm³/mol. The van der Waals surface area contributed by atoms with Crippen LogP contribution in [0.15, 0.2) is 29.2 Å². The van der Waals surface area contributed by atoms with Crippen LogP contribution < -0.4 is 0 Å². The number of hydrogen-bond donors (Lipinski definition) is 0. The van der Waals surface area contributed by atoms with Crippen molar-refractivity contribution < 1.29 is 13.2 Å². The van der Waals surface area contributed by atoms with Crippen LogP contribution in [0.1, 0.15) is 23.2 Å². The normalized spacial score (nSPS) is 22.4.